The van der Waals surface area contributed by atoms with E-state index in [1.54, 1.807) is 12.3 Å². The quantitative estimate of drug-likeness (QED) is 0.389. The lowest BCUT2D eigenvalue weighted by molar-refractivity contribution is 0.0535. The van der Waals surface area contributed by atoms with Gasteiger partial charge in [-0.3, -0.25) is 0 Å². The largest absolute Gasteiger partial charge is 0.457 e. The first-order chi connectivity index (χ1) is 12.8. The molecule has 0 spiro atoms. The van der Waals surface area contributed by atoms with Crippen LogP contribution in [0.3, 0.4) is 0 Å². The fourth-order valence-corrected chi connectivity index (χ4v) is 2.96. The van der Waals surface area contributed by atoms with E-state index in [2.05, 4.69) is 5.16 Å². The highest BCUT2D eigenvalue weighted by atomic mass is 16.6. The molecular formula is C22H17NO3. The van der Waals surface area contributed by atoms with Crippen LogP contribution >= 0.6 is 0 Å². The van der Waals surface area contributed by atoms with Crippen molar-refractivity contribution in [2.75, 3.05) is 0 Å². The molecule has 4 nitrogen and oxygen atoms in total. The maximum atomic E-state index is 11.5. The minimum absolute atomic E-state index is 0.270. The molecule has 3 aromatic carbocycles. The van der Waals surface area contributed by atoms with E-state index >= 15 is 0 Å². The van der Waals surface area contributed by atoms with Crippen molar-refractivity contribution in [3.05, 3.63) is 107 Å². The fraction of sp³-hybridized carbons (Fsp3) is 0.0909. The van der Waals surface area contributed by atoms with Gasteiger partial charge in [0.1, 0.15) is 6.61 Å². The van der Waals surface area contributed by atoms with E-state index in [0.29, 0.717) is 12.2 Å². The number of hydrogen-bond acceptors (Lipinski definition) is 4. The van der Waals surface area contributed by atoms with Crippen molar-refractivity contribution in [3.8, 4) is 0 Å². The maximum absolute atomic E-state index is 11.5. The summed E-state index contributed by atoms with van der Waals surface area (Å²) in [6.45, 7) is 0.313. The molecule has 4 heteroatoms. The summed E-state index contributed by atoms with van der Waals surface area (Å²) < 4.78 is 5.02. The normalized spacial score (nSPS) is 13.0. The Bertz CT molecular complexity index is 897. The second kappa shape index (κ2) is 7.23. The minimum Gasteiger partial charge on any atom is -0.457 e. The summed E-state index contributed by atoms with van der Waals surface area (Å²) in [7, 11) is 0. The Kier molecular flexibility index (Phi) is 4.48. The molecule has 0 fully saturated rings. The van der Waals surface area contributed by atoms with Crippen molar-refractivity contribution in [1.29, 1.82) is 0 Å². The molecule has 128 valence electrons. The van der Waals surface area contributed by atoms with E-state index in [4.69, 9.17) is 9.57 Å². The predicted molar refractivity (Wildman–Crippen MR) is 99.0 cm³/mol. The van der Waals surface area contributed by atoms with Gasteiger partial charge in [0.15, 0.2) is 6.10 Å². The van der Waals surface area contributed by atoms with Gasteiger partial charge < -0.3 is 9.57 Å². The number of fused-ring (bicyclic) bond motifs is 1. The van der Waals surface area contributed by atoms with Gasteiger partial charge in [-0.1, -0.05) is 71.9 Å². The molecule has 1 aliphatic heterocycles. The van der Waals surface area contributed by atoms with Crippen molar-refractivity contribution in [3.63, 3.8) is 0 Å². The van der Waals surface area contributed by atoms with Crippen LogP contribution in [-0.2, 0) is 16.2 Å². The molecule has 1 heterocycles. The van der Waals surface area contributed by atoms with Gasteiger partial charge in [0.05, 0.1) is 11.8 Å². The van der Waals surface area contributed by atoms with Gasteiger partial charge in [0.2, 0.25) is 0 Å². The molecule has 1 aliphatic rings. The molecule has 0 bridgehead atoms. The summed E-state index contributed by atoms with van der Waals surface area (Å²) in [5.74, 6) is -0.270. The van der Waals surface area contributed by atoms with Crippen LogP contribution in [0.1, 0.15) is 38.7 Å². The van der Waals surface area contributed by atoms with Crippen LogP contribution in [0.4, 0.5) is 0 Å². The summed E-state index contributed by atoms with van der Waals surface area (Å²) in [4.78, 5) is 17.3. The van der Waals surface area contributed by atoms with E-state index in [1.807, 2.05) is 72.8 Å². The zero-order valence-corrected chi connectivity index (χ0v) is 14.0. The van der Waals surface area contributed by atoms with Crippen LogP contribution in [0.15, 0.2) is 84.0 Å². The Morgan fingerprint density at radius 3 is 2.23 bits per heavy atom. The van der Waals surface area contributed by atoms with E-state index in [-0.39, 0.29) is 12.1 Å². The summed E-state index contributed by atoms with van der Waals surface area (Å²) in [6.07, 6.45) is 1.37. The average molecular weight is 343 g/mol. The molecule has 0 saturated heterocycles. The average Bonchev–Trinajstić information content (AvgIpc) is 3.07. The van der Waals surface area contributed by atoms with E-state index in [1.165, 1.54) is 0 Å². The molecule has 0 aromatic heterocycles. The van der Waals surface area contributed by atoms with Crippen LogP contribution in [-0.4, -0.2) is 12.2 Å². The molecule has 0 unspecified atom stereocenters. The SMILES string of the molecule is O=C1OCc2cc(/C=N/OC(c3ccccc3)c3ccccc3)ccc21. The molecule has 0 saturated carbocycles. The molecule has 4 rings (SSSR count). The summed E-state index contributed by atoms with van der Waals surface area (Å²) in [5.41, 5.74) is 4.42. The zero-order valence-electron chi connectivity index (χ0n) is 14.0. The van der Waals surface area contributed by atoms with Crippen molar-refractivity contribution in [1.82, 2.24) is 0 Å². The van der Waals surface area contributed by atoms with Crippen LogP contribution in [0, 0.1) is 0 Å². The number of esters is 1. The lowest BCUT2D eigenvalue weighted by Gasteiger charge is -2.15. The predicted octanol–water partition coefficient (Wildman–Crippen LogP) is 4.50. The number of benzene rings is 3. The molecule has 0 N–H and O–H groups in total. The van der Waals surface area contributed by atoms with E-state index in [0.717, 1.165) is 22.3 Å². The number of carbonyl (C=O) groups excluding carboxylic acids is 1. The Balaban J connectivity index is 1.55. The summed E-state index contributed by atoms with van der Waals surface area (Å²) in [5, 5.41) is 4.19. The first kappa shape index (κ1) is 16.1. The number of carbonyl (C=O) groups is 1. The van der Waals surface area contributed by atoms with Crippen LogP contribution in [0.2, 0.25) is 0 Å². The number of cyclic esters (lactones) is 1. The van der Waals surface area contributed by atoms with E-state index in [9.17, 15) is 4.79 Å². The van der Waals surface area contributed by atoms with Crippen LogP contribution in [0.5, 0.6) is 0 Å². The van der Waals surface area contributed by atoms with Crippen molar-refractivity contribution in [2.45, 2.75) is 12.7 Å². The molecule has 0 aliphatic carbocycles. The first-order valence-corrected chi connectivity index (χ1v) is 8.40. The minimum atomic E-state index is -0.284. The smallest absolute Gasteiger partial charge is 0.338 e. The number of hydrogen-bond donors (Lipinski definition) is 0. The topological polar surface area (TPSA) is 47.9 Å². The fourth-order valence-electron chi connectivity index (χ4n) is 2.96. The van der Waals surface area contributed by atoms with Gasteiger partial charge in [-0.2, -0.15) is 0 Å². The molecule has 0 amide bonds. The van der Waals surface area contributed by atoms with Gasteiger partial charge in [-0.15, -0.1) is 0 Å². The Labute approximate surface area is 151 Å². The summed E-state index contributed by atoms with van der Waals surface area (Å²) >= 11 is 0. The number of ether oxygens (including phenoxy) is 1. The summed E-state index contributed by atoms with van der Waals surface area (Å²) in [6, 6.07) is 25.4. The van der Waals surface area contributed by atoms with Crippen LogP contribution in [0.25, 0.3) is 0 Å². The van der Waals surface area contributed by atoms with Crippen LogP contribution < -0.4 is 0 Å². The molecule has 26 heavy (non-hydrogen) atoms. The van der Waals surface area contributed by atoms with Gasteiger partial charge in [0.25, 0.3) is 0 Å². The number of rotatable bonds is 5. The van der Waals surface area contributed by atoms with Gasteiger partial charge >= 0.3 is 5.97 Å². The lowest BCUT2D eigenvalue weighted by Crippen LogP contribution is -2.03. The number of nitrogens with zero attached hydrogens (tertiary/aromatic N) is 1. The monoisotopic (exact) mass is 343 g/mol. The first-order valence-electron chi connectivity index (χ1n) is 8.40. The van der Waals surface area contributed by atoms with Crippen molar-refractivity contribution in [2.24, 2.45) is 5.16 Å². The number of oxime groups is 1. The highest BCUT2D eigenvalue weighted by Crippen LogP contribution is 2.26. The van der Waals surface area contributed by atoms with Gasteiger partial charge in [-0.05, 0) is 28.8 Å². The van der Waals surface area contributed by atoms with Gasteiger partial charge in [0, 0.05) is 5.56 Å². The highest BCUT2D eigenvalue weighted by Gasteiger charge is 2.20. The third-order valence-electron chi connectivity index (χ3n) is 4.28. The highest BCUT2D eigenvalue weighted by molar-refractivity contribution is 5.94. The molecular weight excluding hydrogens is 326 g/mol. The Morgan fingerprint density at radius 1 is 0.923 bits per heavy atom. The van der Waals surface area contributed by atoms with E-state index < -0.39 is 0 Å². The van der Waals surface area contributed by atoms with Crippen molar-refractivity contribution >= 4 is 12.2 Å². The molecule has 0 atom stereocenters. The zero-order chi connectivity index (χ0) is 17.8. The van der Waals surface area contributed by atoms with Crippen molar-refractivity contribution < 1.29 is 14.4 Å². The lowest BCUT2D eigenvalue weighted by atomic mass is 10.0. The standard InChI is InChI=1S/C22H17NO3/c24-22-20-12-11-16(13-19(20)15-25-22)14-23-26-21(17-7-3-1-4-8-17)18-9-5-2-6-10-18/h1-14,21H,15H2/b23-14+. The van der Waals surface area contributed by atoms with Gasteiger partial charge in [-0.25, -0.2) is 4.79 Å². The second-order valence-corrected chi connectivity index (χ2v) is 6.03. The molecule has 0 radical (unpaired) electrons. The Hall–Kier alpha value is -3.40. The Morgan fingerprint density at radius 2 is 1.58 bits per heavy atom. The maximum Gasteiger partial charge on any atom is 0.338 e. The third kappa shape index (κ3) is 3.35. The second-order valence-electron chi connectivity index (χ2n) is 6.03. The molecule has 3 aromatic rings. The third-order valence-corrected chi connectivity index (χ3v) is 4.28.